The van der Waals surface area contributed by atoms with E-state index in [1.807, 2.05) is 0 Å². The lowest BCUT2D eigenvalue weighted by atomic mass is 9.96. The molecule has 0 radical (unpaired) electrons. The molecule has 0 aromatic carbocycles. The van der Waals surface area contributed by atoms with Gasteiger partial charge in [0.1, 0.15) is 0 Å². The number of nitrogens with one attached hydrogen (secondary N) is 1. The zero-order chi connectivity index (χ0) is 12.1. The van der Waals surface area contributed by atoms with Gasteiger partial charge >= 0.3 is 0 Å². The van der Waals surface area contributed by atoms with Gasteiger partial charge in [-0.15, -0.1) is 0 Å². The fraction of sp³-hybridized carbons (Fsp3) is 1.00. The van der Waals surface area contributed by atoms with Crippen molar-refractivity contribution >= 4 is 0 Å². The van der Waals surface area contributed by atoms with Crippen molar-refractivity contribution in [1.82, 2.24) is 15.1 Å². The van der Waals surface area contributed by atoms with Gasteiger partial charge in [0.05, 0.1) is 0 Å². The Bertz CT molecular complexity index is 206. The molecule has 3 heteroatoms. The van der Waals surface area contributed by atoms with Crippen LogP contribution < -0.4 is 5.32 Å². The fourth-order valence-electron chi connectivity index (χ4n) is 3.22. The average Bonchev–Trinajstić information content (AvgIpc) is 2.33. The van der Waals surface area contributed by atoms with Crippen LogP contribution in [0.2, 0.25) is 0 Å². The van der Waals surface area contributed by atoms with Crippen molar-refractivity contribution in [3.05, 3.63) is 0 Å². The van der Waals surface area contributed by atoms with E-state index in [4.69, 9.17) is 0 Å². The Balaban J connectivity index is 1.64. The van der Waals surface area contributed by atoms with E-state index in [2.05, 4.69) is 29.2 Å². The Labute approximate surface area is 107 Å². The summed E-state index contributed by atoms with van der Waals surface area (Å²) in [5, 5.41) is 3.64. The molecule has 0 amide bonds. The van der Waals surface area contributed by atoms with Crippen molar-refractivity contribution in [2.45, 2.75) is 38.1 Å². The zero-order valence-electron chi connectivity index (χ0n) is 11.6. The Hall–Kier alpha value is -0.120. The van der Waals surface area contributed by atoms with E-state index >= 15 is 0 Å². The first-order chi connectivity index (χ1) is 8.24. The van der Waals surface area contributed by atoms with Crippen molar-refractivity contribution in [2.75, 3.05) is 46.8 Å². The molecule has 2 aliphatic rings. The smallest absolute Gasteiger partial charge is 0.0194 e. The van der Waals surface area contributed by atoms with Crippen molar-refractivity contribution < 1.29 is 0 Å². The van der Waals surface area contributed by atoms with Crippen LogP contribution in [0.3, 0.4) is 0 Å². The topological polar surface area (TPSA) is 18.5 Å². The van der Waals surface area contributed by atoms with Crippen molar-refractivity contribution in [2.24, 2.45) is 5.92 Å². The molecule has 0 saturated carbocycles. The van der Waals surface area contributed by atoms with E-state index in [0.29, 0.717) is 0 Å². The predicted octanol–water partition coefficient (Wildman–Crippen LogP) is 1.40. The molecule has 2 saturated heterocycles. The van der Waals surface area contributed by atoms with Crippen LogP contribution in [0.25, 0.3) is 0 Å². The molecule has 2 aliphatic heterocycles. The van der Waals surface area contributed by atoms with Gasteiger partial charge in [0, 0.05) is 19.1 Å². The van der Waals surface area contributed by atoms with Crippen LogP contribution in [0.1, 0.15) is 32.1 Å². The summed E-state index contributed by atoms with van der Waals surface area (Å²) in [6.45, 7) is 6.35. The molecular formula is C14H29N3. The van der Waals surface area contributed by atoms with Gasteiger partial charge in [-0.25, -0.2) is 0 Å². The van der Waals surface area contributed by atoms with Crippen LogP contribution in [-0.4, -0.2) is 62.7 Å². The van der Waals surface area contributed by atoms with Crippen molar-refractivity contribution in [1.29, 1.82) is 0 Å². The molecule has 0 bridgehead atoms. The van der Waals surface area contributed by atoms with E-state index in [1.165, 1.54) is 64.8 Å². The summed E-state index contributed by atoms with van der Waals surface area (Å²) in [7, 11) is 4.54. The Morgan fingerprint density at radius 1 is 1.12 bits per heavy atom. The maximum Gasteiger partial charge on any atom is 0.0194 e. The lowest BCUT2D eigenvalue weighted by Crippen LogP contribution is -2.44. The molecule has 1 N–H and O–H groups in total. The van der Waals surface area contributed by atoms with E-state index in [1.54, 1.807) is 0 Å². The van der Waals surface area contributed by atoms with E-state index in [9.17, 15) is 0 Å². The summed E-state index contributed by atoms with van der Waals surface area (Å²) < 4.78 is 0. The Morgan fingerprint density at radius 3 is 2.53 bits per heavy atom. The number of likely N-dealkylation sites (N-methyl/N-ethyl adjacent to an activating group) is 1. The van der Waals surface area contributed by atoms with Gasteiger partial charge in [-0.1, -0.05) is 6.42 Å². The monoisotopic (exact) mass is 239 g/mol. The highest BCUT2D eigenvalue weighted by Crippen LogP contribution is 2.17. The number of piperidine rings is 2. The van der Waals surface area contributed by atoms with Gasteiger partial charge in [-0.3, -0.25) is 0 Å². The van der Waals surface area contributed by atoms with Crippen LogP contribution in [0, 0.1) is 5.92 Å². The minimum Gasteiger partial charge on any atom is -0.313 e. The summed E-state index contributed by atoms with van der Waals surface area (Å²) in [6.07, 6.45) is 6.94. The summed E-state index contributed by atoms with van der Waals surface area (Å²) in [4.78, 5) is 5.01. The molecule has 0 aromatic rings. The third kappa shape index (κ3) is 4.57. The highest BCUT2D eigenvalue weighted by atomic mass is 15.1. The molecule has 100 valence electrons. The van der Waals surface area contributed by atoms with Crippen LogP contribution in [0.4, 0.5) is 0 Å². The maximum absolute atomic E-state index is 3.64. The first-order valence-electron chi connectivity index (χ1n) is 7.34. The number of hydrogen-bond donors (Lipinski definition) is 1. The summed E-state index contributed by atoms with van der Waals surface area (Å²) in [6, 6.07) is 0.750. The van der Waals surface area contributed by atoms with E-state index in [-0.39, 0.29) is 0 Å². The van der Waals surface area contributed by atoms with E-state index < -0.39 is 0 Å². The fourth-order valence-corrected chi connectivity index (χ4v) is 3.22. The predicted molar refractivity (Wildman–Crippen MR) is 73.4 cm³/mol. The lowest BCUT2D eigenvalue weighted by Gasteiger charge is -2.34. The number of hydrogen-bond acceptors (Lipinski definition) is 3. The second-order valence-electron chi connectivity index (χ2n) is 6.11. The van der Waals surface area contributed by atoms with Crippen molar-refractivity contribution in [3.8, 4) is 0 Å². The second-order valence-corrected chi connectivity index (χ2v) is 6.11. The van der Waals surface area contributed by atoms with Gasteiger partial charge < -0.3 is 15.1 Å². The third-order valence-corrected chi connectivity index (χ3v) is 4.35. The third-order valence-electron chi connectivity index (χ3n) is 4.35. The minimum absolute atomic E-state index is 0.750. The van der Waals surface area contributed by atoms with Gasteiger partial charge in [0.2, 0.25) is 0 Å². The Morgan fingerprint density at radius 2 is 1.88 bits per heavy atom. The van der Waals surface area contributed by atoms with Crippen LogP contribution in [0.15, 0.2) is 0 Å². The highest BCUT2D eigenvalue weighted by molar-refractivity contribution is 4.77. The van der Waals surface area contributed by atoms with E-state index in [0.717, 1.165) is 12.0 Å². The molecule has 17 heavy (non-hydrogen) atoms. The second kappa shape index (κ2) is 6.72. The number of likely N-dealkylation sites (tertiary alicyclic amines) is 1. The van der Waals surface area contributed by atoms with Gasteiger partial charge in [0.25, 0.3) is 0 Å². The molecule has 2 heterocycles. The summed E-state index contributed by atoms with van der Waals surface area (Å²) in [5.41, 5.74) is 0. The van der Waals surface area contributed by atoms with Crippen LogP contribution in [-0.2, 0) is 0 Å². The molecular weight excluding hydrogens is 210 g/mol. The molecule has 0 aliphatic carbocycles. The molecule has 0 aromatic heterocycles. The minimum atomic E-state index is 0.750. The quantitative estimate of drug-likeness (QED) is 0.800. The molecule has 2 fully saturated rings. The molecule has 1 atom stereocenters. The lowest BCUT2D eigenvalue weighted by molar-refractivity contribution is 0.165. The zero-order valence-corrected chi connectivity index (χ0v) is 11.6. The van der Waals surface area contributed by atoms with Crippen LogP contribution in [0.5, 0.6) is 0 Å². The maximum atomic E-state index is 3.64. The standard InChI is InChI=1S/C14H29N3/c1-16-9-6-13(7-10-16)11-17(2)12-14-5-3-4-8-15-14/h13-15H,3-12H2,1-2H3. The SMILES string of the molecule is CN1CCC(CN(C)CC2CCCCN2)CC1. The largest absolute Gasteiger partial charge is 0.313 e. The van der Waals surface area contributed by atoms with Gasteiger partial charge in [-0.2, -0.15) is 0 Å². The Kier molecular flexibility index (Phi) is 5.26. The summed E-state index contributed by atoms with van der Waals surface area (Å²) in [5.74, 6) is 0.930. The molecule has 2 rings (SSSR count). The average molecular weight is 239 g/mol. The van der Waals surface area contributed by atoms with Gasteiger partial charge in [-0.05, 0) is 65.3 Å². The first-order valence-corrected chi connectivity index (χ1v) is 7.34. The van der Waals surface area contributed by atoms with Crippen molar-refractivity contribution in [3.63, 3.8) is 0 Å². The normalized spacial score (nSPS) is 28.8. The van der Waals surface area contributed by atoms with Gasteiger partial charge in [0.15, 0.2) is 0 Å². The number of nitrogens with zero attached hydrogens (tertiary/aromatic N) is 2. The summed E-state index contributed by atoms with van der Waals surface area (Å²) >= 11 is 0. The van der Waals surface area contributed by atoms with Crippen LogP contribution >= 0.6 is 0 Å². The molecule has 0 spiro atoms. The molecule has 1 unspecified atom stereocenters. The molecule has 3 nitrogen and oxygen atoms in total. The first kappa shape index (κ1) is 13.3. The number of rotatable bonds is 4. The highest BCUT2D eigenvalue weighted by Gasteiger charge is 2.20.